The van der Waals surface area contributed by atoms with Gasteiger partial charge >= 0.3 is 0 Å². The van der Waals surface area contributed by atoms with Gasteiger partial charge in [-0.05, 0) is 32.6 Å². The van der Waals surface area contributed by atoms with Crippen LogP contribution in [0.4, 0.5) is 0 Å². The summed E-state index contributed by atoms with van der Waals surface area (Å²) in [5.74, 6) is 0.412. The van der Waals surface area contributed by atoms with Crippen LogP contribution in [0.3, 0.4) is 0 Å². The molecule has 1 aliphatic heterocycles. The van der Waals surface area contributed by atoms with E-state index in [4.69, 9.17) is 5.73 Å². The number of halogens is 1. The maximum absolute atomic E-state index is 12.5. The van der Waals surface area contributed by atoms with Crippen LogP contribution in [-0.4, -0.2) is 41.4 Å². The molecule has 5 nitrogen and oxygen atoms in total. The van der Waals surface area contributed by atoms with Gasteiger partial charge in [0.05, 0.1) is 5.54 Å². The highest BCUT2D eigenvalue weighted by Crippen LogP contribution is 2.26. The van der Waals surface area contributed by atoms with Crippen molar-refractivity contribution in [2.24, 2.45) is 11.7 Å². The highest BCUT2D eigenvalue weighted by molar-refractivity contribution is 5.86. The third-order valence-electron chi connectivity index (χ3n) is 5.08. The molecule has 1 heterocycles. The Morgan fingerprint density at radius 3 is 2.48 bits per heavy atom. The average molecular weight is 346 g/mol. The molecule has 0 aromatic heterocycles. The summed E-state index contributed by atoms with van der Waals surface area (Å²) < 4.78 is 0. The van der Waals surface area contributed by atoms with E-state index in [9.17, 15) is 9.59 Å². The molecule has 2 atom stereocenters. The van der Waals surface area contributed by atoms with Crippen molar-refractivity contribution in [1.29, 1.82) is 0 Å². The topological polar surface area (TPSA) is 75.4 Å². The standard InChI is InChI=1S/C17H31N3O2.ClH/c1-3-10-17(2,18)16(22)19-14-9-11-20(12-14)15(21)13-7-5-4-6-8-13;/h13-14H,3-12,18H2,1-2H3,(H,19,22);1H. The van der Waals surface area contributed by atoms with Crippen LogP contribution in [0.25, 0.3) is 0 Å². The largest absolute Gasteiger partial charge is 0.350 e. The molecule has 2 fully saturated rings. The first-order valence-corrected chi connectivity index (χ1v) is 8.82. The Morgan fingerprint density at radius 2 is 1.87 bits per heavy atom. The first-order valence-electron chi connectivity index (χ1n) is 8.82. The molecule has 6 heteroatoms. The molecule has 2 amide bonds. The molecular formula is C17H32ClN3O2. The van der Waals surface area contributed by atoms with Crippen LogP contribution in [0.1, 0.15) is 65.2 Å². The number of carbonyl (C=O) groups excluding carboxylic acids is 2. The van der Waals surface area contributed by atoms with E-state index in [0.29, 0.717) is 18.9 Å². The third kappa shape index (κ3) is 5.35. The number of carbonyl (C=O) groups is 2. The normalized spacial score (nSPS) is 24.7. The van der Waals surface area contributed by atoms with Gasteiger partial charge in [-0.2, -0.15) is 0 Å². The molecule has 23 heavy (non-hydrogen) atoms. The molecule has 0 radical (unpaired) electrons. The van der Waals surface area contributed by atoms with Crippen molar-refractivity contribution in [2.75, 3.05) is 13.1 Å². The van der Waals surface area contributed by atoms with Crippen molar-refractivity contribution >= 4 is 24.2 Å². The van der Waals surface area contributed by atoms with E-state index in [1.54, 1.807) is 6.92 Å². The zero-order chi connectivity index (χ0) is 16.2. The number of nitrogens with two attached hydrogens (primary N) is 1. The van der Waals surface area contributed by atoms with Crippen LogP contribution in [-0.2, 0) is 9.59 Å². The monoisotopic (exact) mass is 345 g/mol. The molecule has 2 rings (SSSR count). The molecule has 3 N–H and O–H groups in total. The first kappa shape index (κ1) is 20.2. The van der Waals surface area contributed by atoms with Gasteiger partial charge in [0.1, 0.15) is 0 Å². The molecule has 2 aliphatic rings. The summed E-state index contributed by atoms with van der Waals surface area (Å²) in [7, 11) is 0. The minimum atomic E-state index is -0.810. The smallest absolute Gasteiger partial charge is 0.240 e. The highest BCUT2D eigenvalue weighted by Gasteiger charge is 2.34. The number of amides is 2. The third-order valence-corrected chi connectivity index (χ3v) is 5.08. The lowest BCUT2D eigenvalue weighted by Gasteiger charge is -2.27. The first-order chi connectivity index (χ1) is 10.4. The Labute approximate surface area is 146 Å². The van der Waals surface area contributed by atoms with Crippen molar-refractivity contribution in [1.82, 2.24) is 10.2 Å². The maximum Gasteiger partial charge on any atom is 0.240 e. The van der Waals surface area contributed by atoms with Crippen LogP contribution < -0.4 is 11.1 Å². The second-order valence-corrected chi connectivity index (χ2v) is 7.25. The highest BCUT2D eigenvalue weighted by atomic mass is 35.5. The lowest BCUT2D eigenvalue weighted by Crippen LogP contribution is -2.54. The lowest BCUT2D eigenvalue weighted by molar-refractivity contribution is -0.135. The zero-order valence-corrected chi connectivity index (χ0v) is 15.3. The van der Waals surface area contributed by atoms with Crippen LogP contribution in [0.15, 0.2) is 0 Å². The van der Waals surface area contributed by atoms with Gasteiger partial charge in [0.15, 0.2) is 0 Å². The van der Waals surface area contributed by atoms with E-state index in [-0.39, 0.29) is 30.3 Å². The fourth-order valence-corrected chi connectivity index (χ4v) is 3.67. The van der Waals surface area contributed by atoms with E-state index in [0.717, 1.165) is 32.2 Å². The number of rotatable bonds is 5. The minimum absolute atomic E-state index is 0. The quantitative estimate of drug-likeness (QED) is 0.802. The fourth-order valence-electron chi connectivity index (χ4n) is 3.67. The van der Waals surface area contributed by atoms with Gasteiger partial charge in [0, 0.05) is 25.0 Å². The van der Waals surface area contributed by atoms with E-state index in [1.165, 1.54) is 19.3 Å². The molecule has 0 aromatic rings. The lowest BCUT2D eigenvalue weighted by atomic mass is 9.88. The summed E-state index contributed by atoms with van der Waals surface area (Å²) in [6.45, 7) is 5.21. The Morgan fingerprint density at radius 1 is 1.22 bits per heavy atom. The van der Waals surface area contributed by atoms with Crippen LogP contribution in [0.5, 0.6) is 0 Å². The van der Waals surface area contributed by atoms with Crippen molar-refractivity contribution in [3.63, 3.8) is 0 Å². The van der Waals surface area contributed by atoms with Crippen molar-refractivity contribution < 1.29 is 9.59 Å². The molecule has 0 bridgehead atoms. The summed E-state index contributed by atoms with van der Waals surface area (Å²) in [6.07, 6.45) is 8.07. The Hall–Kier alpha value is -0.810. The second kappa shape index (κ2) is 8.88. The molecule has 1 saturated carbocycles. The number of nitrogens with one attached hydrogen (secondary N) is 1. The van der Waals surface area contributed by atoms with Gasteiger partial charge in [0.2, 0.25) is 11.8 Å². The average Bonchev–Trinajstić information content (AvgIpc) is 2.96. The van der Waals surface area contributed by atoms with E-state index in [1.807, 2.05) is 11.8 Å². The summed E-state index contributed by atoms with van der Waals surface area (Å²) in [6, 6.07) is 0.0553. The maximum atomic E-state index is 12.5. The summed E-state index contributed by atoms with van der Waals surface area (Å²) in [5, 5.41) is 3.03. The van der Waals surface area contributed by atoms with E-state index >= 15 is 0 Å². The fraction of sp³-hybridized carbons (Fsp3) is 0.882. The van der Waals surface area contributed by atoms with Crippen molar-refractivity contribution in [3.05, 3.63) is 0 Å². The van der Waals surface area contributed by atoms with Crippen molar-refractivity contribution in [2.45, 2.75) is 76.8 Å². The second-order valence-electron chi connectivity index (χ2n) is 7.25. The SMILES string of the molecule is CCCC(C)(N)C(=O)NC1CCN(C(=O)C2CCCCC2)C1.Cl. The summed E-state index contributed by atoms with van der Waals surface area (Å²) in [5.41, 5.74) is 5.26. The van der Waals surface area contributed by atoms with Crippen LogP contribution in [0, 0.1) is 5.92 Å². The van der Waals surface area contributed by atoms with Gasteiger partial charge in [-0.3, -0.25) is 9.59 Å². The Balaban J connectivity index is 0.00000264. The Bertz CT molecular complexity index is 409. The van der Waals surface area contributed by atoms with Crippen LogP contribution in [0.2, 0.25) is 0 Å². The number of likely N-dealkylation sites (tertiary alicyclic amines) is 1. The number of hydrogen-bond acceptors (Lipinski definition) is 3. The Kier molecular flexibility index (Phi) is 7.81. The van der Waals surface area contributed by atoms with Gasteiger partial charge in [-0.1, -0.05) is 32.6 Å². The predicted octanol–water partition coefficient (Wildman–Crippen LogP) is 2.22. The predicted molar refractivity (Wildman–Crippen MR) is 94.5 cm³/mol. The minimum Gasteiger partial charge on any atom is -0.350 e. The molecular weight excluding hydrogens is 314 g/mol. The van der Waals surface area contributed by atoms with Gasteiger partial charge in [0.25, 0.3) is 0 Å². The summed E-state index contributed by atoms with van der Waals surface area (Å²) in [4.78, 5) is 26.7. The molecule has 134 valence electrons. The number of nitrogens with zero attached hydrogens (tertiary/aromatic N) is 1. The van der Waals surface area contributed by atoms with Crippen molar-refractivity contribution in [3.8, 4) is 0 Å². The van der Waals surface area contributed by atoms with Gasteiger partial charge in [-0.15, -0.1) is 12.4 Å². The van der Waals surface area contributed by atoms with Gasteiger partial charge in [-0.25, -0.2) is 0 Å². The van der Waals surface area contributed by atoms with E-state index < -0.39 is 5.54 Å². The van der Waals surface area contributed by atoms with Gasteiger partial charge < -0.3 is 16.0 Å². The zero-order valence-electron chi connectivity index (χ0n) is 14.5. The molecule has 1 aliphatic carbocycles. The number of hydrogen-bond donors (Lipinski definition) is 2. The van der Waals surface area contributed by atoms with E-state index in [2.05, 4.69) is 5.32 Å². The molecule has 2 unspecified atom stereocenters. The molecule has 0 spiro atoms. The molecule has 0 aromatic carbocycles. The van der Waals surface area contributed by atoms with Crippen LogP contribution >= 0.6 is 12.4 Å². The summed E-state index contributed by atoms with van der Waals surface area (Å²) >= 11 is 0. The molecule has 1 saturated heterocycles.